The average Bonchev–Trinajstić information content (AvgIpc) is 2.62. The molecule has 0 aromatic heterocycles. The number of benzene rings is 2. The van der Waals surface area contributed by atoms with Gasteiger partial charge in [0.15, 0.2) is 5.17 Å². The molecule has 3 rings (SSSR count). The first-order valence-electron chi connectivity index (χ1n) is 7.91. The first-order valence-corrected chi connectivity index (χ1v) is 8.90. The number of anilines is 1. The number of carbonyl (C=O) groups is 1. The van der Waals surface area contributed by atoms with Gasteiger partial charge in [-0.05, 0) is 48.0 Å². The number of hydrogen-bond acceptors (Lipinski definition) is 4. The molecule has 0 aliphatic carbocycles. The van der Waals surface area contributed by atoms with Crippen LogP contribution < -0.4 is 11.1 Å². The van der Waals surface area contributed by atoms with Crippen molar-refractivity contribution in [3.63, 3.8) is 0 Å². The molecule has 3 N–H and O–H groups in total. The van der Waals surface area contributed by atoms with Crippen molar-refractivity contribution in [2.45, 2.75) is 18.9 Å². The Morgan fingerprint density at radius 3 is 2.76 bits per heavy atom. The number of carbonyl (C=O) groups excluding carboxylic acids is 1. The van der Waals surface area contributed by atoms with Gasteiger partial charge in [-0.3, -0.25) is 9.79 Å². The maximum Gasteiger partial charge on any atom is 0.339 e. The third-order valence-electron chi connectivity index (χ3n) is 4.22. The number of nitrogens with one attached hydrogen (secondary N) is 1. The second-order valence-electron chi connectivity index (χ2n) is 6.03. The van der Waals surface area contributed by atoms with Crippen LogP contribution in [0.15, 0.2) is 53.5 Å². The minimum Gasteiger partial charge on any atom is -0.379 e. The SMILES string of the molecule is C#[N+]c1ccc(C(=O)Nc2cccc(C3(C)CCSC(N)=N3)c2)cc1. The molecule has 5 nitrogen and oxygen atoms in total. The minimum atomic E-state index is -0.361. The van der Waals surface area contributed by atoms with E-state index in [1.165, 1.54) is 0 Å². The first kappa shape index (κ1) is 17.1. The van der Waals surface area contributed by atoms with Crippen LogP contribution in [0.5, 0.6) is 0 Å². The lowest BCUT2D eigenvalue weighted by atomic mass is 9.89. The molecule has 0 radical (unpaired) electrons. The lowest BCUT2D eigenvalue weighted by molar-refractivity contribution is 0.102. The molecule has 0 saturated carbocycles. The van der Waals surface area contributed by atoms with Crippen molar-refractivity contribution in [3.8, 4) is 6.57 Å². The summed E-state index contributed by atoms with van der Waals surface area (Å²) in [5, 5.41) is 3.52. The number of amidine groups is 1. The predicted molar refractivity (Wildman–Crippen MR) is 105 cm³/mol. The van der Waals surface area contributed by atoms with E-state index in [-0.39, 0.29) is 11.4 Å². The fraction of sp³-hybridized carbons (Fsp3) is 0.211. The van der Waals surface area contributed by atoms with E-state index in [4.69, 9.17) is 12.3 Å². The number of nitrogens with zero attached hydrogens (tertiary/aromatic N) is 2. The van der Waals surface area contributed by atoms with Crippen molar-refractivity contribution in [1.29, 1.82) is 0 Å². The van der Waals surface area contributed by atoms with Crippen LogP contribution in [0.1, 0.15) is 29.3 Å². The van der Waals surface area contributed by atoms with Crippen LogP contribution in [0.25, 0.3) is 4.85 Å². The van der Waals surface area contributed by atoms with Crippen LogP contribution in [0, 0.1) is 6.57 Å². The first-order chi connectivity index (χ1) is 12.0. The summed E-state index contributed by atoms with van der Waals surface area (Å²) in [4.78, 5) is 20.6. The number of rotatable bonds is 3. The lowest BCUT2D eigenvalue weighted by Crippen LogP contribution is -2.28. The van der Waals surface area contributed by atoms with Gasteiger partial charge in [-0.15, -0.1) is 0 Å². The molecule has 126 valence electrons. The van der Waals surface area contributed by atoms with Crippen molar-refractivity contribution in [2.24, 2.45) is 10.7 Å². The summed E-state index contributed by atoms with van der Waals surface area (Å²) in [6.45, 7) is 7.28. The van der Waals surface area contributed by atoms with Gasteiger partial charge in [0.2, 0.25) is 0 Å². The Labute approximate surface area is 151 Å². The van der Waals surface area contributed by atoms with E-state index in [9.17, 15) is 4.79 Å². The molecule has 1 unspecified atom stereocenters. The normalized spacial score (nSPS) is 19.6. The Hall–Kier alpha value is -2.78. The van der Waals surface area contributed by atoms with E-state index in [1.54, 1.807) is 36.0 Å². The Kier molecular flexibility index (Phi) is 4.77. The van der Waals surface area contributed by atoms with Crippen LogP contribution in [0.2, 0.25) is 0 Å². The zero-order valence-electron chi connectivity index (χ0n) is 13.9. The van der Waals surface area contributed by atoms with Crippen molar-refractivity contribution in [3.05, 3.63) is 64.5 Å². The molecule has 2 aromatic carbocycles. The molecule has 1 atom stereocenters. The van der Waals surface area contributed by atoms with Crippen LogP contribution >= 0.6 is 11.8 Å². The highest BCUT2D eigenvalue weighted by Gasteiger charge is 2.29. The molecular weight excluding hydrogens is 332 g/mol. The van der Waals surface area contributed by atoms with Gasteiger partial charge in [0.05, 0.1) is 5.54 Å². The highest BCUT2D eigenvalue weighted by atomic mass is 32.2. The van der Waals surface area contributed by atoms with Crippen molar-refractivity contribution in [2.75, 3.05) is 11.1 Å². The molecule has 0 saturated heterocycles. The number of thioether (sulfide) groups is 1. The summed E-state index contributed by atoms with van der Waals surface area (Å²) < 4.78 is 0. The van der Waals surface area contributed by atoms with Gasteiger partial charge in [0.1, 0.15) is 0 Å². The van der Waals surface area contributed by atoms with Crippen LogP contribution in [-0.2, 0) is 5.54 Å². The predicted octanol–water partition coefficient (Wildman–Crippen LogP) is 4.20. The van der Waals surface area contributed by atoms with E-state index in [2.05, 4.69) is 22.1 Å². The lowest BCUT2D eigenvalue weighted by Gasteiger charge is -2.30. The summed E-state index contributed by atoms with van der Waals surface area (Å²) in [7, 11) is 0. The number of hydrogen-bond donors (Lipinski definition) is 2. The van der Waals surface area contributed by atoms with Crippen LogP contribution in [0.4, 0.5) is 11.4 Å². The summed E-state index contributed by atoms with van der Waals surface area (Å²) in [5.74, 6) is 0.745. The average molecular weight is 351 g/mol. The molecule has 1 aliphatic rings. The molecule has 2 aromatic rings. The molecule has 6 heteroatoms. The van der Waals surface area contributed by atoms with E-state index in [1.807, 2.05) is 24.3 Å². The maximum atomic E-state index is 12.4. The molecule has 0 bridgehead atoms. The van der Waals surface area contributed by atoms with E-state index in [0.29, 0.717) is 16.4 Å². The van der Waals surface area contributed by atoms with Gasteiger partial charge in [0.25, 0.3) is 12.5 Å². The molecule has 1 heterocycles. The van der Waals surface area contributed by atoms with Gasteiger partial charge >= 0.3 is 5.69 Å². The van der Waals surface area contributed by atoms with Crippen LogP contribution in [-0.4, -0.2) is 16.8 Å². The molecule has 1 aliphatic heterocycles. The Bertz CT molecular complexity index is 870. The molecule has 25 heavy (non-hydrogen) atoms. The van der Waals surface area contributed by atoms with E-state index >= 15 is 0 Å². The quantitative estimate of drug-likeness (QED) is 0.870. The smallest absolute Gasteiger partial charge is 0.339 e. The Morgan fingerprint density at radius 2 is 2.08 bits per heavy atom. The topological polar surface area (TPSA) is 71.8 Å². The largest absolute Gasteiger partial charge is 0.379 e. The third kappa shape index (κ3) is 3.83. The number of nitrogens with two attached hydrogens (primary N) is 1. The second kappa shape index (κ2) is 6.99. The fourth-order valence-corrected chi connectivity index (χ4v) is 3.70. The third-order valence-corrected chi connectivity index (χ3v) is 5.01. The summed E-state index contributed by atoms with van der Waals surface area (Å²) in [6, 6.07) is 14.5. The molecule has 1 amide bonds. The zero-order valence-corrected chi connectivity index (χ0v) is 14.7. The fourth-order valence-electron chi connectivity index (χ4n) is 2.73. The number of aliphatic imine (C=N–C) groups is 1. The summed E-state index contributed by atoms with van der Waals surface area (Å²) in [5.41, 5.74) is 8.45. The zero-order chi connectivity index (χ0) is 17.9. The van der Waals surface area contributed by atoms with Gasteiger partial charge < -0.3 is 11.1 Å². The highest BCUT2D eigenvalue weighted by molar-refractivity contribution is 8.13. The Balaban J connectivity index is 1.81. The van der Waals surface area contributed by atoms with E-state index in [0.717, 1.165) is 23.4 Å². The van der Waals surface area contributed by atoms with Crippen molar-refractivity contribution in [1.82, 2.24) is 0 Å². The second-order valence-corrected chi connectivity index (χ2v) is 7.15. The summed E-state index contributed by atoms with van der Waals surface area (Å²) >= 11 is 1.57. The van der Waals surface area contributed by atoms with Gasteiger partial charge in [0, 0.05) is 29.1 Å². The van der Waals surface area contributed by atoms with Crippen molar-refractivity contribution < 1.29 is 4.79 Å². The van der Waals surface area contributed by atoms with Crippen LogP contribution in [0.3, 0.4) is 0 Å². The Morgan fingerprint density at radius 1 is 1.32 bits per heavy atom. The van der Waals surface area contributed by atoms with E-state index < -0.39 is 0 Å². The number of amides is 1. The van der Waals surface area contributed by atoms with Gasteiger partial charge in [-0.1, -0.05) is 23.9 Å². The van der Waals surface area contributed by atoms with Gasteiger partial charge in [-0.25, -0.2) is 0 Å². The van der Waals surface area contributed by atoms with Crippen molar-refractivity contribution >= 4 is 34.2 Å². The minimum absolute atomic E-state index is 0.187. The maximum absolute atomic E-state index is 12.4. The molecule has 0 fully saturated rings. The summed E-state index contributed by atoms with van der Waals surface area (Å²) in [6.07, 6.45) is 0.903. The standard InChI is InChI=1S/C19H18N4OS/c1-19(10-11-25-18(20)23-19)14-4-3-5-16(12-14)22-17(24)13-6-8-15(21-2)9-7-13/h2-9,12H,10-11H2,1H3,(H2-,20,22,23,24)/p+1. The highest BCUT2D eigenvalue weighted by Crippen LogP contribution is 2.35. The van der Waals surface area contributed by atoms with Gasteiger partial charge in [-0.2, -0.15) is 0 Å². The molecule has 0 spiro atoms. The molecular formula is C19H19N4OS+. The monoisotopic (exact) mass is 351 g/mol.